The van der Waals surface area contributed by atoms with E-state index in [1.165, 1.54) is 0 Å². The van der Waals surface area contributed by atoms with Crippen LogP contribution in [-0.2, 0) is 0 Å². The van der Waals surface area contributed by atoms with Gasteiger partial charge in [-0.2, -0.15) is 0 Å². The van der Waals surface area contributed by atoms with Crippen LogP contribution < -0.4 is 5.32 Å². The number of pyridine rings is 1. The molecule has 2 heterocycles. The highest BCUT2D eigenvalue weighted by Crippen LogP contribution is 2.25. The fourth-order valence-corrected chi connectivity index (χ4v) is 2.35. The van der Waals surface area contributed by atoms with Gasteiger partial charge in [-0.05, 0) is 50.8 Å². The molecule has 0 amide bonds. The molecular formula is C15H21FN2. The Labute approximate surface area is 108 Å². The number of rotatable bonds is 2. The van der Waals surface area contributed by atoms with Crippen LogP contribution in [0.2, 0.25) is 0 Å². The molecule has 2 nitrogen and oxygen atoms in total. The normalized spacial score (nSPS) is 29.3. The highest BCUT2D eigenvalue weighted by atomic mass is 19.1. The van der Waals surface area contributed by atoms with Gasteiger partial charge in [0.05, 0.1) is 0 Å². The molecule has 3 unspecified atom stereocenters. The van der Waals surface area contributed by atoms with E-state index in [1.807, 2.05) is 45.2 Å². The van der Waals surface area contributed by atoms with E-state index in [0.717, 1.165) is 29.7 Å². The Bertz CT molecular complexity index is 425. The Hall–Kier alpha value is -1.22. The van der Waals surface area contributed by atoms with Gasteiger partial charge in [0.25, 0.3) is 0 Å². The minimum atomic E-state index is -0.929. The summed E-state index contributed by atoms with van der Waals surface area (Å²) in [5.74, 6) is -0.0255. The van der Waals surface area contributed by atoms with E-state index in [9.17, 15) is 4.39 Å². The molecule has 0 radical (unpaired) electrons. The molecule has 3 heteroatoms. The predicted molar refractivity (Wildman–Crippen MR) is 72.8 cm³/mol. The van der Waals surface area contributed by atoms with Gasteiger partial charge in [0.2, 0.25) is 0 Å². The van der Waals surface area contributed by atoms with Crippen molar-refractivity contribution in [2.75, 3.05) is 0 Å². The second-order valence-electron chi connectivity index (χ2n) is 5.25. The minimum Gasteiger partial charge on any atom is -0.285 e. The monoisotopic (exact) mass is 248 g/mol. The van der Waals surface area contributed by atoms with Crippen molar-refractivity contribution in [2.24, 2.45) is 5.92 Å². The molecule has 0 spiro atoms. The van der Waals surface area contributed by atoms with Crippen LogP contribution in [0.4, 0.5) is 4.39 Å². The summed E-state index contributed by atoms with van der Waals surface area (Å²) in [7, 11) is 0. The van der Waals surface area contributed by atoms with Crippen LogP contribution >= 0.6 is 0 Å². The van der Waals surface area contributed by atoms with E-state index >= 15 is 0 Å². The van der Waals surface area contributed by atoms with Crippen LogP contribution in [0.5, 0.6) is 0 Å². The number of aryl methyl sites for hydroxylation is 1. The Balaban J connectivity index is 2.10. The van der Waals surface area contributed by atoms with Crippen LogP contribution in [0.25, 0.3) is 5.57 Å². The van der Waals surface area contributed by atoms with Crippen molar-refractivity contribution in [1.29, 1.82) is 0 Å². The van der Waals surface area contributed by atoms with Crippen molar-refractivity contribution in [3.63, 3.8) is 0 Å². The topological polar surface area (TPSA) is 24.9 Å². The largest absolute Gasteiger partial charge is 0.285 e. The minimum absolute atomic E-state index is 0.0255. The van der Waals surface area contributed by atoms with Crippen LogP contribution in [0, 0.1) is 12.8 Å². The van der Waals surface area contributed by atoms with E-state index < -0.39 is 6.30 Å². The van der Waals surface area contributed by atoms with Crippen molar-refractivity contribution in [3.05, 3.63) is 35.7 Å². The molecule has 0 aliphatic carbocycles. The molecule has 98 valence electrons. The standard InChI is InChI=1S/C15H21FN2/c1-10(14-7-4-11(2)17-9-14)8-13-6-5-12(3)18-15(13)16/h4,7-9,12-13,15,18H,5-6H2,1-3H3/b10-8+. The molecule has 1 saturated heterocycles. The molecule has 1 aromatic heterocycles. The van der Waals surface area contributed by atoms with Crippen LogP contribution in [0.15, 0.2) is 24.4 Å². The van der Waals surface area contributed by atoms with Crippen molar-refractivity contribution >= 4 is 5.57 Å². The lowest BCUT2D eigenvalue weighted by Gasteiger charge is -2.29. The number of halogens is 1. The SMILES string of the molecule is C/C(=C\C1CCC(C)NC1F)c1ccc(C)nc1. The molecule has 0 aromatic carbocycles. The van der Waals surface area contributed by atoms with E-state index in [2.05, 4.69) is 10.3 Å². The summed E-state index contributed by atoms with van der Waals surface area (Å²) in [5.41, 5.74) is 3.18. The summed E-state index contributed by atoms with van der Waals surface area (Å²) in [5, 5.41) is 2.97. The molecule has 2 rings (SSSR count). The molecule has 0 bridgehead atoms. The average molecular weight is 248 g/mol. The molecular weight excluding hydrogens is 227 g/mol. The van der Waals surface area contributed by atoms with Gasteiger partial charge in [-0.3, -0.25) is 10.3 Å². The Morgan fingerprint density at radius 1 is 1.44 bits per heavy atom. The fraction of sp³-hybridized carbons (Fsp3) is 0.533. The van der Waals surface area contributed by atoms with Gasteiger partial charge in [0.1, 0.15) is 0 Å². The maximum atomic E-state index is 13.9. The van der Waals surface area contributed by atoms with Gasteiger partial charge in [-0.15, -0.1) is 0 Å². The van der Waals surface area contributed by atoms with Crippen molar-refractivity contribution in [1.82, 2.24) is 10.3 Å². The fourth-order valence-electron chi connectivity index (χ4n) is 2.35. The molecule has 1 aromatic rings. The first-order valence-electron chi connectivity index (χ1n) is 6.58. The third-order valence-electron chi connectivity index (χ3n) is 3.58. The maximum absolute atomic E-state index is 13.9. The summed E-state index contributed by atoms with van der Waals surface area (Å²) in [4.78, 5) is 4.27. The first-order valence-corrected chi connectivity index (χ1v) is 6.58. The lowest BCUT2D eigenvalue weighted by Crippen LogP contribution is -2.42. The summed E-state index contributed by atoms with van der Waals surface area (Å²) in [6.45, 7) is 6.02. The zero-order valence-corrected chi connectivity index (χ0v) is 11.3. The summed E-state index contributed by atoms with van der Waals surface area (Å²) >= 11 is 0. The molecule has 3 atom stereocenters. The Morgan fingerprint density at radius 2 is 2.22 bits per heavy atom. The van der Waals surface area contributed by atoms with E-state index in [1.54, 1.807) is 0 Å². The Morgan fingerprint density at radius 3 is 2.83 bits per heavy atom. The molecule has 1 N–H and O–H groups in total. The zero-order chi connectivity index (χ0) is 13.1. The lowest BCUT2D eigenvalue weighted by molar-refractivity contribution is 0.146. The third-order valence-corrected chi connectivity index (χ3v) is 3.58. The van der Waals surface area contributed by atoms with Crippen LogP contribution in [0.3, 0.4) is 0 Å². The van der Waals surface area contributed by atoms with Gasteiger partial charge in [-0.25, -0.2) is 4.39 Å². The molecule has 0 saturated carbocycles. The summed E-state index contributed by atoms with van der Waals surface area (Å²) in [6.07, 6.45) is 4.90. The predicted octanol–water partition coefficient (Wildman–Crippen LogP) is 3.48. The van der Waals surface area contributed by atoms with Gasteiger partial charge < -0.3 is 0 Å². The van der Waals surface area contributed by atoms with Gasteiger partial charge >= 0.3 is 0 Å². The van der Waals surface area contributed by atoms with Gasteiger partial charge in [0.15, 0.2) is 6.30 Å². The first kappa shape index (κ1) is 13.2. The van der Waals surface area contributed by atoms with Crippen molar-refractivity contribution in [2.45, 2.75) is 46.0 Å². The lowest BCUT2D eigenvalue weighted by atomic mass is 9.91. The number of hydrogen-bond donors (Lipinski definition) is 1. The Kier molecular flexibility index (Phi) is 4.12. The first-order chi connectivity index (χ1) is 8.56. The second-order valence-corrected chi connectivity index (χ2v) is 5.25. The van der Waals surface area contributed by atoms with E-state index in [0.29, 0.717) is 0 Å². The quantitative estimate of drug-likeness (QED) is 0.811. The summed E-state index contributed by atoms with van der Waals surface area (Å²) in [6, 6.07) is 4.31. The third kappa shape index (κ3) is 3.16. The molecule has 1 aliphatic heterocycles. The summed E-state index contributed by atoms with van der Waals surface area (Å²) < 4.78 is 13.9. The van der Waals surface area contributed by atoms with Crippen molar-refractivity contribution in [3.8, 4) is 0 Å². The number of aromatic nitrogens is 1. The van der Waals surface area contributed by atoms with Gasteiger partial charge in [-0.1, -0.05) is 12.1 Å². The zero-order valence-electron chi connectivity index (χ0n) is 11.3. The average Bonchev–Trinajstić information content (AvgIpc) is 2.33. The van der Waals surface area contributed by atoms with E-state index in [4.69, 9.17) is 0 Å². The maximum Gasteiger partial charge on any atom is 0.157 e. The van der Waals surface area contributed by atoms with Crippen molar-refractivity contribution < 1.29 is 4.39 Å². The molecule has 1 fully saturated rings. The highest BCUT2D eigenvalue weighted by Gasteiger charge is 2.26. The number of piperidine rings is 1. The number of nitrogens with one attached hydrogen (secondary N) is 1. The molecule has 1 aliphatic rings. The van der Waals surface area contributed by atoms with Crippen LogP contribution in [-0.4, -0.2) is 17.3 Å². The van der Waals surface area contributed by atoms with Crippen LogP contribution in [0.1, 0.15) is 37.9 Å². The second kappa shape index (κ2) is 5.61. The number of nitrogens with zero attached hydrogens (tertiary/aromatic N) is 1. The number of allylic oxidation sites excluding steroid dienone is 1. The number of hydrogen-bond acceptors (Lipinski definition) is 2. The highest BCUT2D eigenvalue weighted by molar-refractivity contribution is 5.63. The number of alkyl halides is 1. The molecule has 18 heavy (non-hydrogen) atoms. The smallest absolute Gasteiger partial charge is 0.157 e. The van der Waals surface area contributed by atoms with E-state index in [-0.39, 0.29) is 12.0 Å². The van der Waals surface area contributed by atoms with Gasteiger partial charge in [0, 0.05) is 23.9 Å².